The van der Waals surface area contributed by atoms with Crippen molar-refractivity contribution < 1.29 is 17.9 Å². The van der Waals surface area contributed by atoms with E-state index < -0.39 is 22.0 Å². The van der Waals surface area contributed by atoms with Gasteiger partial charge in [0.2, 0.25) is 0 Å². The van der Waals surface area contributed by atoms with Gasteiger partial charge in [0.25, 0.3) is 15.9 Å². The minimum absolute atomic E-state index is 0.125. The highest BCUT2D eigenvalue weighted by molar-refractivity contribution is 7.98. The Morgan fingerprint density at radius 1 is 1.03 bits per heavy atom. The fourth-order valence-electron chi connectivity index (χ4n) is 3.52. The van der Waals surface area contributed by atoms with Crippen molar-refractivity contribution in [1.29, 1.82) is 0 Å². The van der Waals surface area contributed by atoms with E-state index in [9.17, 15) is 13.2 Å². The number of hydrogen-bond acceptors (Lipinski definition) is 5. The van der Waals surface area contributed by atoms with Crippen LogP contribution < -0.4 is 14.4 Å². The van der Waals surface area contributed by atoms with E-state index in [1.54, 1.807) is 36.4 Å². The van der Waals surface area contributed by atoms with E-state index in [1.807, 2.05) is 50.4 Å². The lowest BCUT2D eigenvalue weighted by Crippen LogP contribution is -2.48. The average molecular weight is 469 g/mol. The Morgan fingerprint density at radius 3 is 2.44 bits per heavy atom. The van der Waals surface area contributed by atoms with Crippen molar-refractivity contribution in [3.05, 3.63) is 77.9 Å². The normalized spacial score (nSPS) is 15.6. The number of rotatable bonds is 5. The molecule has 1 aliphatic heterocycles. The van der Waals surface area contributed by atoms with Gasteiger partial charge in [0.15, 0.2) is 6.10 Å². The van der Waals surface area contributed by atoms with Crippen LogP contribution in [0.1, 0.15) is 11.1 Å². The number of ether oxygens (including phenoxy) is 1. The summed E-state index contributed by atoms with van der Waals surface area (Å²) in [4.78, 5) is 14.2. The molecule has 0 radical (unpaired) electrons. The molecule has 0 spiro atoms. The molecule has 1 aliphatic rings. The zero-order chi connectivity index (χ0) is 22.9. The van der Waals surface area contributed by atoms with E-state index in [-0.39, 0.29) is 11.4 Å². The Hall–Kier alpha value is -2.97. The van der Waals surface area contributed by atoms with Crippen LogP contribution >= 0.6 is 11.8 Å². The van der Waals surface area contributed by atoms with Gasteiger partial charge in [-0.15, -0.1) is 11.8 Å². The zero-order valence-electron chi connectivity index (χ0n) is 18.0. The molecule has 0 saturated carbocycles. The lowest BCUT2D eigenvalue weighted by molar-refractivity contribution is -0.122. The number of anilines is 2. The highest BCUT2D eigenvalue weighted by Crippen LogP contribution is 2.38. The Bertz CT molecular complexity index is 1260. The number of aryl methyl sites for hydroxylation is 2. The molecular weight excluding hydrogens is 444 g/mol. The van der Waals surface area contributed by atoms with E-state index >= 15 is 0 Å². The summed E-state index contributed by atoms with van der Waals surface area (Å²) in [5.41, 5.74) is 2.95. The van der Waals surface area contributed by atoms with Crippen LogP contribution in [0.15, 0.2) is 76.5 Å². The van der Waals surface area contributed by atoms with E-state index in [2.05, 4.69) is 5.32 Å². The van der Waals surface area contributed by atoms with Gasteiger partial charge in [-0.25, -0.2) is 8.42 Å². The number of carbonyl (C=O) groups is 1. The molecule has 1 atom stereocenters. The van der Waals surface area contributed by atoms with Crippen molar-refractivity contribution in [1.82, 2.24) is 0 Å². The molecule has 0 fully saturated rings. The van der Waals surface area contributed by atoms with Gasteiger partial charge >= 0.3 is 0 Å². The third-order valence-corrected chi connectivity index (χ3v) is 7.84. The molecule has 1 N–H and O–H groups in total. The van der Waals surface area contributed by atoms with Gasteiger partial charge in [0, 0.05) is 4.90 Å². The van der Waals surface area contributed by atoms with Crippen LogP contribution in [0, 0.1) is 13.8 Å². The van der Waals surface area contributed by atoms with Crippen molar-refractivity contribution in [2.24, 2.45) is 0 Å². The Kier molecular flexibility index (Phi) is 6.17. The monoisotopic (exact) mass is 468 g/mol. The summed E-state index contributed by atoms with van der Waals surface area (Å²) < 4.78 is 34.3. The standard InChI is InChI=1S/C24H24N2O4S2/c1-16-8-11-18(12-9-16)32(28,29)26-15-22(30-21-13-10-17(2)14-20(21)26)24(27)25-19-6-4-5-7-23(19)31-3/h4-14,22H,15H2,1-3H3,(H,25,27)/t22-/m0/s1. The summed E-state index contributed by atoms with van der Waals surface area (Å²) in [6.07, 6.45) is 0.927. The second-order valence-corrected chi connectivity index (χ2v) is 10.3. The van der Waals surface area contributed by atoms with Crippen molar-refractivity contribution >= 4 is 39.1 Å². The molecular formula is C24H24N2O4S2. The van der Waals surface area contributed by atoms with Gasteiger partial charge in [-0.3, -0.25) is 9.10 Å². The van der Waals surface area contributed by atoms with Crippen molar-refractivity contribution in [3.8, 4) is 5.75 Å². The fraction of sp³-hybridized carbons (Fsp3) is 0.208. The van der Waals surface area contributed by atoms with Crippen LogP contribution in [0.2, 0.25) is 0 Å². The van der Waals surface area contributed by atoms with E-state index in [0.717, 1.165) is 16.0 Å². The van der Waals surface area contributed by atoms with Crippen molar-refractivity contribution in [2.45, 2.75) is 29.7 Å². The minimum Gasteiger partial charge on any atom is -0.476 e. The quantitative estimate of drug-likeness (QED) is 0.553. The fourth-order valence-corrected chi connectivity index (χ4v) is 5.55. The number of hydrogen-bond donors (Lipinski definition) is 1. The SMILES string of the molecule is CSc1ccccc1NC(=O)[C@@H]1CN(S(=O)(=O)c2ccc(C)cc2)c2cc(C)ccc2O1. The molecule has 6 nitrogen and oxygen atoms in total. The van der Waals surface area contributed by atoms with Gasteiger partial charge in [0.05, 0.1) is 22.8 Å². The van der Waals surface area contributed by atoms with E-state index in [1.165, 1.54) is 16.1 Å². The molecule has 4 rings (SSSR count). The number of para-hydroxylation sites is 1. The number of sulfonamides is 1. The van der Waals surface area contributed by atoms with E-state index in [0.29, 0.717) is 17.1 Å². The van der Waals surface area contributed by atoms with Gasteiger partial charge in [-0.2, -0.15) is 0 Å². The van der Waals surface area contributed by atoms with Gasteiger partial charge in [-0.1, -0.05) is 35.9 Å². The van der Waals surface area contributed by atoms with Crippen LogP contribution in [-0.2, 0) is 14.8 Å². The molecule has 8 heteroatoms. The van der Waals surface area contributed by atoms with Gasteiger partial charge < -0.3 is 10.1 Å². The van der Waals surface area contributed by atoms with Crippen molar-refractivity contribution in [3.63, 3.8) is 0 Å². The number of fused-ring (bicyclic) bond motifs is 1. The maximum atomic E-state index is 13.5. The molecule has 32 heavy (non-hydrogen) atoms. The topological polar surface area (TPSA) is 75.7 Å². The summed E-state index contributed by atoms with van der Waals surface area (Å²) in [5.74, 6) is -0.0438. The average Bonchev–Trinajstić information content (AvgIpc) is 2.79. The summed E-state index contributed by atoms with van der Waals surface area (Å²) in [7, 11) is -3.89. The van der Waals surface area contributed by atoms with Crippen LogP contribution in [-0.4, -0.2) is 33.2 Å². The predicted molar refractivity (Wildman–Crippen MR) is 128 cm³/mol. The highest BCUT2D eigenvalue weighted by Gasteiger charge is 2.37. The van der Waals surface area contributed by atoms with Crippen molar-refractivity contribution in [2.75, 3.05) is 22.4 Å². The summed E-state index contributed by atoms with van der Waals surface area (Å²) >= 11 is 1.52. The lowest BCUT2D eigenvalue weighted by Gasteiger charge is -2.35. The zero-order valence-corrected chi connectivity index (χ0v) is 19.7. The first-order chi connectivity index (χ1) is 15.3. The highest BCUT2D eigenvalue weighted by atomic mass is 32.2. The Labute approximate surface area is 192 Å². The first-order valence-electron chi connectivity index (χ1n) is 10.1. The second-order valence-electron chi connectivity index (χ2n) is 7.62. The van der Waals surface area contributed by atoms with Crippen LogP contribution in [0.25, 0.3) is 0 Å². The number of thioether (sulfide) groups is 1. The molecule has 0 unspecified atom stereocenters. The molecule has 0 saturated heterocycles. The Balaban J connectivity index is 1.70. The number of benzene rings is 3. The van der Waals surface area contributed by atoms with Crippen LogP contribution in [0.4, 0.5) is 11.4 Å². The molecule has 1 amide bonds. The van der Waals surface area contributed by atoms with E-state index in [4.69, 9.17) is 4.74 Å². The maximum Gasteiger partial charge on any atom is 0.267 e. The van der Waals surface area contributed by atoms with Crippen LogP contribution in [0.3, 0.4) is 0 Å². The Morgan fingerprint density at radius 2 is 1.72 bits per heavy atom. The third-order valence-electron chi connectivity index (χ3n) is 5.25. The molecule has 0 aromatic heterocycles. The number of nitrogens with one attached hydrogen (secondary N) is 1. The molecule has 166 valence electrons. The smallest absolute Gasteiger partial charge is 0.267 e. The summed E-state index contributed by atoms with van der Waals surface area (Å²) in [5, 5.41) is 2.89. The first-order valence-corrected chi connectivity index (χ1v) is 12.8. The number of carbonyl (C=O) groups excluding carboxylic acids is 1. The molecule has 0 bridgehead atoms. The minimum atomic E-state index is -3.89. The maximum absolute atomic E-state index is 13.5. The number of amides is 1. The molecule has 3 aromatic carbocycles. The largest absolute Gasteiger partial charge is 0.476 e. The molecule has 0 aliphatic carbocycles. The predicted octanol–water partition coefficient (Wildman–Crippen LogP) is 4.62. The lowest BCUT2D eigenvalue weighted by atomic mass is 10.1. The second kappa shape index (κ2) is 8.88. The summed E-state index contributed by atoms with van der Waals surface area (Å²) in [6.45, 7) is 3.66. The number of nitrogens with zero attached hydrogens (tertiary/aromatic N) is 1. The summed E-state index contributed by atoms with van der Waals surface area (Å²) in [6, 6.07) is 19.4. The third kappa shape index (κ3) is 4.33. The first kappa shape index (κ1) is 22.2. The van der Waals surface area contributed by atoms with Gasteiger partial charge in [0.1, 0.15) is 5.75 Å². The molecule has 1 heterocycles. The van der Waals surface area contributed by atoms with Crippen LogP contribution in [0.5, 0.6) is 5.75 Å². The molecule has 3 aromatic rings. The van der Waals surface area contributed by atoms with Gasteiger partial charge in [-0.05, 0) is 62.1 Å².